The highest BCUT2D eigenvalue weighted by Gasteiger charge is 2.35. The van der Waals surface area contributed by atoms with E-state index in [1.807, 2.05) is 18.2 Å². The molecule has 3 aromatic rings. The van der Waals surface area contributed by atoms with E-state index in [2.05, 4.69) is 46.0 Å². The summed E-state index contributed by atoms with van der Waals surface area (Å²) in [6.45, 7) is 2.18. The molecule has 2 atom stereocenters. The lowest BCUT2D eigenvalue weighted by molar-refractivity contribution is 0.0375. The van der Waals surface area contributed by atoms with Crippen LogP contribution in [0.2, 0.25) is 5.02 Å². The van der Waals surface area contributed by atoms with Crippen molar-refractivity contribution in [3.05, 3.63) is 99.8 Å². The number of likely N-dealkylation sites (tertiary alicyclic amines) is 1. The Morgan fingerprint density at radius 2 is 1.78 bits per heavy atom. The number of hydrogen-bond donors (Lipinski definition) is 1. The van der Waals surface area contributed by atoms with Gasteiger partial charge in [-0.3, -0.25) is 14.4 Å². The Hall–Kier alpha value is -2.74. The van der Waals surface area contributed by atoms with Crippen LogP contribution in [0.5, 0.6) is 5.75 Å². The zero-order chi connectivity index (χ0) is 25.2. The number of nitrogens with one attached hydrogen (secondary N) is 1. The largest absolute Gasteiger partial charge is 0.493 e. The molecule has 1 heterocycles. The fourth-order valence-corrected chi connectivity index (χ4v) is 5.29. The molecular formula is C28H28ClFN2O3S. The fraction of sp³-hybridized carbons (Fsp3) is 0.321. The van der Waals surface area contributed by atoms with E-state index < -0.39 is 22.7 Å². The van der Waals surface area contributed by atoms with Crippen molar-refractivity contribution in [3.63, 3.8) is 0 Å². The summed E-state index contributed by atoms with van der Waals surface area (Å²) in [5.74, 6) is -0.265. The number of benzene rings is 3. The molecule has 5 rings (SSSR count). The molecular weight excluding hydrogens is 499 g/mol. The molecule has 1 aliphatic carbocycles. The first kappa shape index (κ1) is 24.9. The second kappa shape index (κ2) is 10.7. The van der Waals surface area contributed by atoms with Crippen molar-refractivity contribution < 1.29 is 18.1 Å². The highest BCUT2D eigenvalue weighted by Crippen LogP contribution is 2.45. The maximum Gasteiger partial charge on any atom is 0.265 e. The van der Waals surface area contributed by atoms with Crippen molar-refractivity contribution in [1.82, 2.24) is 9.62 Å². The number of carbonyl (C=O) groups excluding carboxylic acids is 1. The lowest BCUT2D eigenvalue weighted by Gasteiger charge is -2.44. The smallest absolute Gasteiger partial charge is 0.265 e. The second-order valence-corrected chi connectivity index (χ2v) is 11.1. The minimum atomic E-state index is -1.56. The summed E-state index contributed by atoms with van der Waals surface area (Å²) < 4.78 is 34.5. The van der Waals surface area contributed by atoms with Crippen molar-refractivity contribution in [1.29, 1.82) is 0 Å². The van der Waals surface area contributed by atoms with Crippen LogP contribution in [0.4, 0.5) is 4.39 Å². The zero-order valence-electron chi connectivity index (χ0n) is 20.0. The summed E-state index contributed by atoms with van der Waals surface area (Å²) in [6.07, 6.45) is 3.31. The zero-order valence-corrected chi connectivity index (χ0v) is 21.5. The van der Waals surface area contributed by atoms with Crippen LogP contribution in [0.1, 0.15) is 51.8 Å². The number of nitrogens with zero attached hydrogens (tertiary/aromatic N) is 1. The van der Waals surface area contributed by atoms with Crippen LogP contribution in [-0.2, 0) is 11.0 Å². The molecule has 188 valence electrons. The van der Waals surface area contributed by atoms with Gasteiger partial charge in [-0.2, -0.15) is 0 Å². The monoisotopic (exact) mass is 526 g/mol. The molecule has 1 saturated carbocycles. The molecule has 0 bridgehead atoms. The number of halogens is 2. The molecule has 3 aromatic carbocycles. The molecule has 8 heteroatoms. The molecule has 0 spiro atoms. The van der Waals surface area contributed by atoms with Gasteiger partial charge in [-0.1, -0.05) is 54.1 Å². The van der Waals surface area contributed by atoms with Crippen LogP contribution in [0.15, 0.2) is 66.7 Å². The van der Waals surface area contributed by atoms with Gasteiger partial charge in [-0.25, -0.2) is 8.60 Å². The molecule has 2 aliphatic rings. The van der Waals surface area contributed by atoms with Crippen LogP contribution < -0.4 is 9.46 Å². The van der Waals surface area contributed by atoms with Crippen molar-refractivity contribution in [2.24, 2.45) is 5.92 Å². The summed E-state index contributed by atoms with van der Waals surface area (Å²) in [7, 11) is -1.56. The lowest BCUT2D eigenvalue weighted by Crippen LogP contribution is -2.51. The maximum atomic E-state index is 14.7. The Labute approximate surface area is 218 Å². The maximum absolute atomic E-state index is 14.7. The molecule has 1 amide bonds. The Morgan fingerprint density at radius 3 is 2.42 bits per heavy atom. The van der Waals surface area contributed by atoms with Gasteiger partial charge in [0.2, 0.25) is 0 Å². The third-order valence-electron chi connectivity index (χ3n) is 6.72. The summed E-state index contributed by atoms with van der Waals surface area (Å²) in [4.78, 5) is 14.7. The van der Waals surface area contributed by atoms with E-state index in [1.54, 1.807) is 6.07 Å². The Balaban J connectivity index is 1.27. The van der Waals surface area contributed by atoms with Gasteiger partial charge in [0.25, 0.3) is 5.91 Å². The van der Waals surface area contributed by atoms with E-state index in [9.17, 15) is 13.4 Å². The van der Waals surface area contributed by atoms with Gasteiger partial charge >= 0.3 is 0 Å². The highest BCUT2D eigenvalue weighted by molar-refractivity contribution is 7.82. The van der Waals surface area contributed by atoms with E-state index in [0.717, 1.165) is 31.5 Å². The number of rotatable bonds is 9. The van der Waals surface area contributed by atoms with E-state index in [0.29, 0.717) is 23.3 Å². The first-order chi connectivity index (χ1) is 17.4. The van der Waals surface area contributed by atoms with Gasteiger partial charge in [0.05, 0.1) is 18.2 Å². The molecule has 1 N–H and O–H groups in total. The van der Waals surface area contributed by atoms with Gasteiger partial charge in [0.15, 0.2) is 0 Å². The molecule has 5 nitrogen and oxygen atoms in total. The summed E-state index contributed by atoms with van der Waals surface area (Å²) in [6, 6.07) is 21.4. The number of ether oxygens (including phenoxy) is 1. The van der Waals surface area contributed by atoms with Crippen molar-refractivity contribution in [2.75, 3.05) is 26.0 Å². The number of hydrogen-bond acceptors (Lipinski definition) is 4. The van der Waals surface area contributed by atoms with Crippen molar-refractivity contribution in [3.8, 4) is 5.75 Å². The normalized spacial score (nSPS) is 17.8. The van der Waals surface area contributed by atoms with Crippen LogP contribution in [0.25, 0.3) is 0 Å². The predicted molar refractivity (Wildman–Crippen MR) is 140 cm³/mol. The third-order valence-corrected chi connectivity index (χ3v) is 7.45. The topological polar surface area (TPSA) is 58.6 Å². The minimum Gasteiger partial charge on any atom is -0.493 e. The predicted octanol–water partition coefficient (Wildman–Crippen LogP) is 5.48. The molecule has 2 fully saturated rings. The van der Waals surface area contributed by atoms with Crippen LogP contribution in [0.3, 0.4) is 0 Å². The Bertz CT molecular complexity index is 1260. The van der Waals surface area contributed by atoms with Gasteiger partial charge in [-0.05, 0) is 53.6 Å². The Kier molecular flexibility index (Phi) is 7.42. The molecule has 1 saturated heterocycles. The average Bonchev–Trinajstić information content (AvgIpc) is 3.67. The first-order valence-corrected chi connectivity index (χ1v) is 14.0. The molecule has 1 aliphatic heterocycles. The van der Waals surface area contributed by atoms with E-state index in [4.69, 9.17) is 16.3 Å². The number of amides is 1. The Morgan fingerprint density at radius 1 is 1.11 bits per heavy atom. The highest BCUT2D eigenvalue weighted by atomic mass is 35.5. The molecule has 2 unspecified atom stereocenters. The van der Waals surface area contributed by atoms with Gasteiger partial charge in [0.1, 0.15) is 22.6 Å². The van der Waals surface area contributed by atoms with Crippen molar-refractivity contribution in [2.45, 2.75) is 24.8 Å². The van der Waals surface area contributed by atoms with E-state index >= 15 is 0 Å². The van der Waals surface area contributed by atoms with Gasteiger partial charge in [-0.15, -0.1) is 0 Å². The summed E-state index contributed by atoms with van der Waals surface area (Å²) >= 11 is 6.12. The summed E-state index contributed by atoms with van der Waals surface area (Å²) in [5, 5.41) is 0.714. The fourth-order valence-electron chi connectivity index (χ4n) is 4.80. The van der Waals surface area contributed by atoms with Crippen LogP contribution in [0, 0.1) is 11.7 Å². The van der Waals surface area contributed by atoms with Crippen molar-refractivity contribution >= 4 is 28.5 Å². The van der Waals surface area contributed by atoms with Gasteiger partial charge < -0.3 is 4.74 Å². The molecule has 36 heavy (non-hydrogen) atoms. The first-order valence-electron chi connectivity index (χ1n) is 12.0. The van der Waals surface area contributed by atoms with Gasteiger partial charge in [0, 0.05) is 36.4 Å². The van der Waals surface area contributed by atoms with E-state index in [1.165, 1.54) is 23.4 Å². The third kappa shape index (κ3) is 5.64. The summed E-state index contributed by atoms with van der Waals surface area (Å²) in [5.41, 5.74) is 3.16. The second-order valence-electron chi connectivity index (χ2n) is 9.53. The van der Waals surface area contributed by atoms with Crippen LogP contribution >= 0.6 is 11.6 Å². The molecule has 0 aromatic heterocycles. The standard InChI is InChI=1S/C28H28ClFN2O3S/c1-36(34)31-28(33)24-13-23(19-7-8-19)26(14-25(24)30)35-17-18-15-32(16-18)27(20-5-3-2-4-6-20)21-9-11-22(29)12-10-21/h2-6,9-14,18-19,27H,7-8,15-17H2,1H3,(H,31,33). The minimum absolute atomic E-state index is 0.0945. The average molecular weight is 527 g/mol. The quantitative estimate of drug-likeness (QED) is 0.401. The lowest BCUT2D eigenvalue weighted by atomic mass is 9.90. The molecule has 0 radical (unpaired) electrons. The van der Waals surface area contributed by atoms with E-state index in [-0.39, 0.29) is 17.5 Å². The SMILES string of the molecule is CS(=O)NC(=O)c1cc(C2CC2)c(OCC2CN(C(c3ccccc3)c3ccc(Cl)cc3)C2)cc1F. The number of carbonyl (C=O) groups is 1. The van der Waals surface area contributed by atoms with Crippen LogP contribution in [-0.4, -0.2) is 41.0 Å².